The summed E-state index contributed by atoms with van der Waals surface area (Å²) in [7, 11) is -4.47. The number of anilines is 2. The number of aromatic carboxylic acids is 1. The molecule has 0 aliphatic carbocycles. The number of hydrogen-bond donors (Lipinski definition) is 2. The standard InChI is InChI=1S/C19H21F2N3O4S/c20-13-6-7-16(21)17(10-13)29(27,28)23-14-11-15(19(25)26)18(22-12-14)24-8-4-2-1-3-5-9-24/h6-7,10-12,23H,1-5,8-9H2,(H,25,26). The van der Waals surface area contributed by atoms with Crippen molar-refractivity contribution in [3.05, 3.63) is 47.7 Å². The molecule has 2 heterocycles. The highest BCUT2D eigenvalue weighted by Crippen LogP contribution is 2.26. The van der Waals surface area contributed by atoms with Crippen molar-refractivity contribution in [1.82, 2.24) is 4.98 Å². The van der Waals surface area contributed by atoms with Crippen molar-refractivity contribution < 1.29 is 27.1 Å². The van der Waals surface area contributed by atoms with E-state index in [9.17, 15) is 27.1 Å². The lowest BCUT2D eigenvalue weighted by Crippen LogP contribution is -2.29. The van der Waals surface area contributed by atoms with Gasteiger partial charge >= 0.3 is 5.97 Å². The maximum absolute atomic E-state index is 13.9. The molecule has 1 aliphatic rings. The molecular formula is C19H21F2N3O4S. The van der Waals surface area contributed by atoms with E-state index in [4.69, 9.17) is 0 Å². The molecule has 1 aromatic carbocycles. The Kier molecular flexibility index (Phi) is 6.31. The van der Waals surface area contributed by atoms with E-state index in [-0.39, 0.29) is 17.1 Å². The summed E-state index contributed by atoms with van der Waals surface area (Å²) in [6.07, 6.45) is 6.24. The predicted octanol–water partition coefficient (Wildman–Crippen LogP) is 3.63. The van der Waals surface area contributed by atoms with Gasteiger partial charge in [-0.2, -0.15) is 0 Å². The number of sulfonamides is 1. The zero-order valence-corrected chi connectivity index (χ0v) is 16.4. The number of carboxylic acid groups (broad SMARTS) is 1. The number of nitrogens with one attached hydrogen (secondary N) is 1. The Morgan fingerprint density at radius 3 is 2.38 bits per heavy atom. The average Bonchev–Trinajstić information content (AvgIpc) is 2.63. The molecule has 7 nitrogen and oxygen atoms in total. The van der Waals surface area contributed by atoms with Gasteiger partial charge in [-0.3, -0.25) is 4.72 Å². The highest BCUT2D eigenvalue weighted by molar-refractivity contribution is 7.92. The molecule has 0 unspecified atom stereocenters. The van der Waals surface area contributed by atoms with Crippen molar-refractivity contribution in [2.75, 3.05) is 22.7 Å². The molecule has 3 rings (SSSR count). The first-order valence-electron chi connectivity index (χ1n) is 9.24. The summed E-state index contributed by atoms with van der Waals surface area (Å²) in [5.41, 5.74) is -0.313. The summed E-state index contributed by atoms with van der Waals surface area (Å²) in [5.74, 6) is -3.03. The highest BCUT2D eigenvalue weighted by atomic mass is 32.2. The molecule has 2 aromatic rings. The second-order valence-corrected chi connectivity index (χ2v) is 8.49. The second kappa shape index (κ2) is 8.73. The fraction of sp³-hybridized carbons (Fsp3) is 0.368. The van der Waals surface area contributed by atoms with Gasteiger partial charge in [0.1, 0.15) is 27.9 Å². The number of benzene rings is 1. The van der Waals surface area contributed by atoms with Crippen LogP contribution in [0.15, 0.2) is 35.4 Å². The van der Waals surface area contributed by atoms with Gasteiger partial charge in [-0.15, -0.1) is 0 Å². The van der Waals surface area contributed by atoms with Gasteiger partial charge in [0.25, 0.3) is 10.0 Å². The summed E-state index contributed by atoms with van der Waals surface area (Å²) in [6.45, 7) is 1.32. The van der Waals surface area contributed by atoms with Gasteiger partial charge in [-0.1, -0.05) is 19.3 Å². The lowest BCUT2D eigenvalue weighted by molar-refractivity contribution is 0.0697. The van der Waals surface area contributed by atoms with Gasteiger partial charge in [0.05, 0.1) is 11.9 Å². The van der Waals surface area contributed by atoms with Crippen molar-refractivity contribution in [1.29, 1.82) is 0 Å². The van der Waals surface area contributed by atoms with Gasteiger partial charge in [0.15, 0.2) is 0 Å². The highest BCUT2D eigenvalue weighted by Gasteiger charge is 2.23. The minimum atomic E-state index is -4.47. The molecule has 1 aliphatic heterocycles. The molecule has 0 bridgehead atoms. The molecule has 0 spiro atoms. The van der Waals surface area contributed by atoms with Gasteiger partial charge < -0.3 is 10.0 Å². The first kappa shape index (κ1) is 21.0. The maximum atomic E-state index is 13.9. The van der Waals surface area contributed by atoms with Crippen LogP contribution in [0.1, 0.15) is 42.5 Å². The first-order chi connectivity index (χ1) is 13.8. The van der Waals surface area contributed by atoms with Crippen molar-refractivity contribution in [2.24, 2.45) is 0 Å². The third-order valence-corrected chi connectivity index (χ3v) is 6.08. The Morgan fingerprint density at radius 2 is 1.72 bits per heavy atom. The van der Waals surface area contributed by atoms with E-state index in [1.54, 1.807) is 0 Å². The minimum Gasteiger partial charge on any atom is -0.478 e. The maximum Gasteiger partial charge on any atom is 0.339 e. The van der Waals surface area contributed by atoms with Crippen molar-refractivity contribution >= 4 is 27.5 Å². The van der Waals surface area contributed by atoms with Crippen LogP contribution in [-0.2, 0) is 10.0 Å². The molecule has 156 valence electrons. The first-order valence-corrected chi connectivity index (χ1v) is 10.7. The van der Waals surface area contributed by atoms with Crippen molar-refractivity contribution in [2.45, 2.75) is 37.0 Å². The van der Waals surface area contributed by atoms with Gasteiger partial charge in [0.2, 0.25) is 0 Å². The number of rotatable bonds is 5. The van der Waals surface area contributed by atoms with Gasteiger partial charge in [-0.25, -0.2) is 27.0 Å². The summed E-state index contributed by atoms with van der Waals surface area (Å²) < 4.78 is 54.1. The normalized spacial score (nSPS) is 15.4. The van der Waals surface area contributed by atoms with Crippen LogP contribution in [-0.4, -0.2) is 37.6 Å². The van der Waals surface area contributed by atoms with E-state index in [0.717, 1.165) is 44.2 Å². The molecule has 29 heavy (non-hydrogen) atoms. The van der Waals surface area contributed by atoms with Crippen LogP contribution in [0.2, 0.25) is 0 Å². The van der Waals surface area contributed by atoms with Crippen molar-refractivity contribution in [3.8, 4) is 0 Å². The topological polar surface area (TPSA) is 99.6 Å². The Balaban J connectivity index is 1.92. The monoisotopic (exact) mass is 425 g/mol. The number of carboxylic acids is 1. The molecule has 1 aromatic heterocycles. The fourth-order valence-electron chi connectivity index (χ4n) is 3.28. The Bertz CT molecular complexity index is 1010. The van der Waals surface area contributed by atoms with Crippen LogP contribution in [0.5, 0.6) is 0 Å². The third kappa shape index (κ3) is 5.00. The quantitative estimate of drug-likeness (QED) is 0.759. The van der Waals surface area contributed by atoms with E-state index in [1.165, 1.54) is 6.20 Å². The molecule has 0 radical (unpaired) electrons. The number of nitrogens with zero attached hydrogens (tertiary/aromatic N) is 2. The van der Waals surface area contributed by atoms with E-state index in [0.29, 0.717) is 25.2 Å². The molecule has 0 atom stereocenters. The molecule has 0 saturated carbocycles. The average molecular weight is 425 g/mol. The van der Waals surface area contributed by atoms with Crippen LogP contribution in [0, 0.1) is 11.6 Å². The molecule has 2 N–H and O–H groups in total. The van der Waals surface area contributed by atoms with E-state index in [2.05, 4.69) is 9.71 Å². The largest absolute Gasteiger partial charge is 0.478 e. The number of halogens is 2. The lowest BCUT2D eigenvalue weighted by atomic mass is 10.1. The Morgan fingerprint density at radius 1 is 1.07 bits per heavy atom. The van der Waals surface area contributed by atoms with E-state index < -0.39 is 32.5 Å². The molecule has 1 fully saturated rings. The molecular weight excluding hydrogens is 404 g/mol. The number of carbonyl (C=O) groups is 1. The Labute approximate surface area is 167 Å². The number of pyridine rings is 1. The SMILES string of the molecule is O=C(O)c1cc(NS(=O)(=O)c2cc(F)ccc2F)cnc1N1CCCCCCC1. The van der Waals surface area contributed by atoms with Crippen LogP contribution in [0.3, 0.4) is 0 Å². The third-order valence-electron chi connectivity index (χ3n) is 4.69. The zero-order valence-electron chi connectivity index (χ0n) is 15.6. The number of aromatic nitrogens is 1. The molecule has 1 saturated heterocycles. The fourth-order valence-corrected chi connectivity index (χ4v) is 4.40. The molecule has 10 heteroatoms. The summed E-state index contributed by atoms with van der Waals surface area (Å²) in [4.78, 5) is 16.9. The van der Waals surface area contributed by atoms with Crippen LogP contribution in [0.25, 0.3) is 0 Å². The summed E-state index contributed by atoms with van der Waals surface area (Å²) in [6, 6.07) is 3.20. The number of hydrogen-bond acceptors (Lipinski definition) is 5. The second-order valence-electron chi connectivity index (χ2n) is 6.84. The van der Waals surface area contributed by atoms with Gasteiger partial charge in [-0.05, 0) is 37.1 Å². The minimum absolute atomic E-state index is 0.151. The van der Waals surface area contributed by atoms with Crippen LogP contribution in [0.4, 0.5) is 20.3 Å². The summed E-state index contributed by atoms with van der Waals surface area (Å²) >= 11 is 0. The molecule has 0 amide bonds. The van der Waals surface area contributed by atoms with Crippen LogP contribution < -0.4 is 9.62 Å². The predicted molar refractivity (Wildman–Crippen MR) is 104 cm³/mol. The van der Waals surface area contributed by atoms with Crippen LogP contribution >= 0.6 is 0 Å². The van der Waals surface area contributed by atoms with Gasteiger partial charge in [0, 0.05) is 13.1 Å². The zero-order chi connectivity index (χ0) is 21.0. The Hall–Kier alpha value is -2.75. The van der Waals surface area contributed by atoms with E-state index >= 15 is 0 Å². The summed E-state index contributed by atoms with van der Waals surface area (Å²) in [5, 5.41) is 9.59. The smallest absolute Gasteiger partial charge is 0.339 e. The van der Waals surface area contributed by atoms with Crippen molar-refractivity contribution in [3.63, 3.8) is 0 Å². The van der Waals surface area contributed by atoms with E-state index in [1.807, 2.05) is 4.90 Å². The lowest BCUT2D eigenvalue weighted by Gasteiger charge is -2.27.